The molecule has 14 heavy (non-hydrogen) atoms. The van der Waals surface area contributed by atoms with E-state index < -0.39 is 0 Å². The van der Waals surface area contributed by atoms with Crippen LogP contribution in [0, 0.1) is 0 Å². The molecule has 72 valence electrons. The van der Waals surface area contributed by atoms with E-state index >= 15 is 0 Å². The Labute approximate surface area is 97.4 Å². The molecule has 0 unspecified atom stereocenters. The molecular formula is C11H9ClS2. The summed E-state index contributed by atoms with van der Waals surface area (Å²) in [7, 11) is 0. The van der Waals surface area contributed by atoms with Gasteiger partial charge in [-0.3, -0.25) is 0 Å². The van der Waals surface area contributed by atoms with Crippen molar-refractivity contribution < 1.29 is 0 Å². The summed E-state index contributed by atoms with van der Waals surface area (Å²) in [6.07, 6.45) is 6.42. The largest absolute Gasteiger partial charge is 0.115 e. The second-order valence-corrected chi connectivity index (χ2v) is 5.65. The molecule has 0 aliphatic carbocycles. The number of halogens is 1. The summed E-state index contributed by atoms with van der Waals surface area (Å²) in [5.41, 5.74) is 0. The molecular weight excluding hydrogens is 232 g/mol. The van der Waals surface area contributed by atoms with Gasteiger partial charge in [-0.15, -0.1) is 11.8 Å². The lowest BCUT2D eigenvalue weighted by Crippen LogP contribution is -1.79. The highest BCUT2D eigenvalue weighted by atomic mass is 35.5. The van der Waals surface area contributed by atoms with Gasteiger partial charge in [0.1, 0.15) is 0 Å². The van der Waals surface area contributed by atoms with Crippen molar-refractivity contribution in [3.05, 3.63) is 51.8 Å². The number of allylic oxidation sites excluding steroid dienone is 2. The Morgan fingerprint density at radius 2 is 2.00 bits per heavy atom. The van der Waals surface area contributed by atoms with Gasteiger partial charge in [0.25, 0.3) is 0 Å². The van der Waals surface area contributed by atoms with E-state index in [-0.39, 0.29) is 0 Å². The van der Waals surface area contributed by atoms with Gasteiger partial charge < -0.3 is 0 Å². The molecule has 0 atom stereocenters. The minimum atomic E-state index is 0.791. The summed E-state index contributed by atoms with van der Waals surface area (Å²) in [5, 5.41) is 0.791. The van der Waals surface area contributed by atoms with Gasteiger partial charge >= 0.3 is 0 Å². The lowest BCUT2D eigenvalue weighted by atomic mass is 10.4. The molecule has 0 saturated heterocycles. The molecule has 1 aromatic rings. The number of hydrogen-bond acceptors (Lipinski definition) is 2. The molecule has 0 fully saturated rings. The van der Waals surface area contributed by atoms with E-state index in [1.54, 1.807) is 11.8 Å². The third-order valence-corrected chi connectivity index (χ3v) is 4.20. The molecule has 1 aromatic carbocycles. The quantitative estimate of drug-likeness (QED) is 0.742. The van der Waals surface area contributed by atoms with Crippen molar-refractivity contribution in [1.82, 2.24) is 0 Å². The van der Waals surface area contributed by atoms with Crippen LogP contribution in [-0.2, 0) is 0 Å². The first kappa shape index (κ1) is 10.2. The van der Waals surface area contributed by atoms with Crippen LogP contribution in [-0.4, -0.2) is 5.75 Å². The first-order valence-corrected chi connectivity index (χ1v) is 6.46. The normalized spacial score (nSPS) is 15.4. The highest BCUT2D eigenvalue weighted by Gasteiger charge is 2.02. The maximum Gasteiger partial charge on any atom is 0.0452 e. The van der Waals surface area contributed by atoms with E-state index in [2.05, 4.69) is 18.2 Å². The third kappa shape index (κ3) is 2.84. The molecule has 0 amide bonds. The van der Waals surface area contributed by atoms with Crippen LogP contribution in [0.3, 0.4) is 0 Å². The Kier molecular flexibility index (Phi) is 3.62. The van der Waals surface area contributed by atoms with Gasteiger partial charge in [0.15, 0.2) is 0 Å². The van der Waals surface area contributed by atoms with Crippen LogP contribution in [0.15, 0.2) is 51.6 Å². The lowest BCUT2D eigenvalue weighted by Gasteiger charge is -2.07. The van der Waals surface area contributed by atoms with Crippen molar-refractivity contribution in [1.29, 1.82) is 0 Å². The molecule has 0 saturated carbocycles. The molecule has 2 rings (SSSR count). The van der Waals surface area contributed by atoms with Crippen molar-refractivity contribution in [2.24, 2.45) is 0 Å². The van der Waals surface area contributed by atoms with Crippen LogP contribution < -0.4 is 0 Å². The summed E-state index contributed by atoms with van der Waals surface area (Å²) in [6.45, 7) is 0. The number of hydrogen-bond donors (Lipinski definition) is 0. The molecule has 0 N–H and O–H groups in total. The van der Waals surface area contributed by atoms with Crippen molar-refractivity contribution in [3.63, 3.8) is 0 Å². The predicted octanol–water partition coefficient (Wildman–Crippen LogP) is 4.58. The zero-order chi connectivity index (χ0) is 9.80. The molecule has 0 spiro atoms. The SMILES string of the molecule is Clc1ccc(SC2=CC=CCS2)cc1. The summed E-state index contributed by atoms with van der Waals surface area (Å²) in [6, 6.07) is 7.95. The second-order valence-electron chi connectivity index (χ2n) is 2.78. The Morgan fingerprint density at radius 3 is 2.64 bits per heavy atom. The standard InChI is InChI=1S/C11H9ClS2/c12-9-4-6-10(7-5-9)14-11-3-1-2-8-13-11/h1-7H,8H2. The van der Waals surface area contributed by atoms with Gasteiger partial charge in [0.05, 0.1) is 0 Å². The van der Waals surface area contributed by atoms with Crippen LogP contribution in [0.4, 0.5) is 0 Å². The first-order valence-electron chi connectivity index (χ1n) is 4.27. The Bertz CT molecular complexity index is 365. The smallest absolute Gasteiger partial charge is 0.0452 e. The lowest BCUT2D eigenvalue weighted by molar-refractivity contribution is 1.47. The van der Waals surface area contributed by atoms with Crippen molar-refractivity contribution >= 4 is 35.1 Å². The second kappa shape index (κ2) is 4.96. The molecule has 0 bridgehead atoms. The monoisotopic (exact) mass is 240 g/mol. The van der Waals surface area contributed by atoms with Crippen LogP contribution in [0.2, 0.25) is 5.02 Å². The van der Waals surface area contributed by atoms with E-state index in [9.17, 15) is 0 Å². The van der Waals surface area contributed by atoms with Crippen molar-refractivity contribution in [3.8, 4) is 0 Å². The van der Waals surface area contributed by atoms with Crippen LogP contribution in [0.1, 0.15) is 0 Å². The summed E-state index contributed by atoms with van der Waals surface area (Å²) >= 11 is 9.47. The van der Waals surface area contributed by atoms with Crippen molar-refractivity contribution in [2.75, 3.05) is 5.75 Å². The fraction of sp³-hybridized carbons (Fsp3) is 0.0909. The summed E-state index contributed by atoms with van der Waals surface area (Å²) in [5.74, 6) is 1.08. The van der Waals surface area contributed by atoms with E-state index in [1.807, 2.05) is 36.0 Å². The average molecular weight is 241 g/mol. The first-order chi connectivity index (χ1) is 6.84. The maximum atomic E-state index is 5.81. The van der Waals surface area contributed by atoms with Gasteiger partial charge in [0.2, 0.25) is 0 Å². The van der Waals surface area contributed by atoms with Crippen LogP contribution in [0.25, 0.3) is 0 Å². The fourth-order valence-corrected chi connectivity index (χ4v) is 3.11. The summed E-state index contributed by atoms with van der Waals surface area (Å²) < 4.78 is 1.34. The van der Waals surface area contributed by atoms with E-state index in [0.29, 0.717) is 0 Å². The molecule has 3 heteroatoms. The van der Waals surface area contributed by atoms with E-state index in [1.165, 1.54) is 9.13 Å². The fourth-order valence-electron chi connectivity index (χ4n) is 1.06. The van der Waals surface area contributed by atoms with E-state index in [0.717, 1.165) is 10.8 Å². The molecule has 0 nitrogen and oxygen atoms in total. The Balaban J connectivity index is 2.07. The zero-order valence-electron chi connectivity index (χ0n) is 7.44. The minimum Gasteiger partial charge on any atom is -0.115 e. The van der Waals surface area contributed by atoms with Gasteiger partial charge in [-0.25, -0.2) is 0 Å². The molecule has 1 aliphatic rings. The molecule has 1 aliphatic heterocycles. The van der Waals surface area contributed by atoms with Gasteiger partial charge in [-0.05, 0) is 30.3 Å². The van der Waals surface area contributed by atoms with Gasteiger partial charge in [-0.1, -0.05) is 35.5 Å². The topological polar surface area (TPSA) is 0 Å². The van der Waals surface area contributed by atoms with Crippen molar-refractivity contribution in [2.45, 2.75) is 4.90 Å². The zero-order valence-corrected chi connectivity index (χ0v) is 9.83. The Morgan fingerprint density at radius 1 is 1.21 bits per heavy atom. The number of rotatable bonds is 2. The number of thioether (sulfide) groups is 2. The van der Waals surface area contributed by atoms with Gasteiger partial charge in [0, 0.05) is 19.9 Å². The third-order valence-electron chi connectivity index (χ3n) is 1.72. The van der Waals surface area contributed by atoms with E-state index in [4.69, 9.17) is 11.6 Å². The summed E-state index contributed by atoms with van der Waals surface area (Å²) in [4.78, 5) is 1.24. The molecule has 1 heterocycles. The minimum absolute atomic E-state index is 0.791. The highest BCUT2D eigenvalue weighted by molar-refractivity contribution is 8.22. The average Bonchev–Trinajstić information content (AvgIpc) is 2.23. The predicted molar refractivity (Wildman–Crippen MR) is 67.0 cm³/mol. The van der Waals surface area contributed by atoms with Crippen LogP contribution >= 0.6 is 35.1 Å². The highest BCUT2D eigenvalue weighted by Crippen LogP contribution is 2.36. The molecule has 0 radical (unpaired) electrons. The van der Waals surface area contributed by atoms with Crippen LogP contribution in [0.5, 0.6) is 0 Å². The maximum absolute atomic E-state index is 5.81. The number of benzene rings is 1. The molecule has 0 aromatic heterocycles. The Hall–Kier alpha value is -0.310. The van der Waals surface area contributed by atoms with Gasteiger partial charge in [-0.2, -0.15) is 0 Å².